The highest BCUT2D eigenvalue weighted by Gasteiger charge is 2.42. The third-order valence-corrected chi connectivity index (χ3v) is 6.19. The van der Waals surface area contributed by atoms with Gasteiger partial charge in [0.05, 0.1) is 24.5 Å². The van der Waals surface area contributed by atoms with Crippen molar-refractivity contribution >= 4 is 5.97 Å². The number of hydrogen-bond donors (Lipinski definition) is 1. The Morgan fingerprint density at radius 3 is 2.79 bits per heavy atom. The molecule has 2 aromatic rings. The normalized spacial score (nSPS) is 26.9. The number of rotatable bonds is 6. The van der Waals surface area contributed by atoms with Gasteiger partial charge >= 0.3 is 5.97 Å². The molecule has 1 aliphatic heterocycles. The molecule has 0 bridgehead atoms. The Bertz CT molecular complexity index is 852. The van der Waals surface area contributed by atoms with E-state index in [9.17, 15) is 9.90 Å². The molecule has 1 aliphatic carbocycles. The Morgan fingerprint density at radius 2 is 2.03 bits per heavy atom. The molecular weight excluding hydrogens is 370 g/mol. The van der Waals surface area contributed by atoms with Gasteiger partial charge in [-0.05, 0) is 55.9 Å². The SMILES string of the molecule is CCn1nccc1CN1C[C@H]2C[C@@H](Oc3cccc(C(=O)OC)c3)[C@H](O)C[C@H]2C1. The quantitative estimate of drug-likeness (QED) is 0.752. The molecule has 1 N–H and O–H groups in total. The minimum absolute atomic E-state index is 0.259. The Labute approximate surface area is 171 Å². The van der Waals surface area contributed by atoms with Crippen LogP contribution in [-0.4, -0.2) is 58.2 Å². The maximum atomic E-state index is 11.7. The van der Waals surface area contributed by atoms with Crippen LogP contribution in [0.2, 0.25) is 0 Å². The summed E-state index contributed by atoms with van der Waals surface area (Å²) in [6, 6.07) is 9.05. The van der Waals surface area contributed by atoms with Gasteiger partial charge in [0, 0.05) is 32.4 Å². The number of likely N-dealkylation sites (tertiary alicyclic amines) is 1. The van der Waals surface area contributed by atoms with E-state index in [0.29, 0.717) is 23.1 Å². The number of ether oxygens (including phenoxy) is 2. The molecule has 0 unspecified atom stereocenters. The van der Waals surface area contributed by atoms with E-state index in [1.54, 1.807) is 18.2 Å². The van der Waals surface area contributed by atoms with Crippen molar-refractivity contribution < 1.29 is 19.4 Å². The molecule has 7 heteroatoms. The zero-order valence-electron chi connectivity index (χ0n) is 17.0. The molecule has 1 saturated heterocycles. The molecule has 1 aromatic carbocycles. The van der Waals surface area contributed by atoms with Crippen LogP contribution in [0, 0.1) is 11.8 Å². The molecule has 1 saturated carbocycles. The second-order valence-corrected chi connectivity index (χ2v) is 8.07. The summed E-state index contributed by atoms with van der Waals surface area (Å²) in [6.45, 7) is 5.88. The van der Waals surface area contributed by atoms with Crippen molar-refractivity contribution in [2.24, 2.45) is 11.8 Å². The number of esters is 1. The fourth-order valence-corrected chi connectivity index (χ4v) is 4.74. The van der Waals surface area contributed by atoms with Crippen molar-refractivity contribution in [1.82, 2.24) is 14.7 Å². The van der Waals surface area contributed by atoms with Crippen molar-refractivity contribution in [1.29, 1.82) is 0 Å². The number of benzene rings is 1. The molecule has 0 radical (unpaired) electrons. The molecule has 4 rings (SSSR count). The molecular formula is C22H29N3O4. The van der Waals surface area contributed by atoms with Crippen LogP contribution in [0.1, 0.15) is 35.8 Å². The molecule has 2 heterocycles. The second kappa shape index (κ2) is 8.55. The maximum Gasteiger partial charge on any atom is 0.337 e. The Hall–Kier alpha value is -2.38. The standard InChI is InChI=1S/C22H29N3O4/c1-3-25-18(7-8-23-25)14-24-12-16-10-20(26)21(11-17(16)13-24)29-19-6-4-5-15(9-19)22(27)28-2/h4-9,16-17,20-21,26H,3,10-14H2,1-2H3/t16-,17+,20+,21+/m0/s1. The molecule has 1 aromatic heterocycles. The molecule has 2 fully saturated rings. The van der Waals surface area contributed by atoms with Gasteiger partial charge in [-0.2, -0.15) is 5.10 Å². The van der Waals surface area contributed by atoms with E-state index in [1.165, 1.54) is 12.8 Å². The van der Waals surface area contributed by atoms with Gasteiger partial charge < -0.3 is 14.6 Å². The van der Waals surface area contributed by atoms with E-state index in [-0.39, 0.29) is 6.10 Å². The lowest BCUT2D eigenvalue weighted by Gasteiger charge is -2.35. The minimum Gasteiger partial charge on any atom is -0.488 e. The summed E-state index contributed by atoms with van der Waals surface area (Å²) in [4.78, 5) is 14.2. The van der Waals surface area contributed by atoms with Crippen LogP contribution in [0.4, 0.5) is 0 Å². The predicted octanol–water partition coefficient (Wildman–Crippen LogP) is 2.34. The highest BCUT2D eigenvalue weighted by atomic mass is 16.5. The topological polar surface area (TPSA) is 76.8 Å². The Kier molecular flexibility index (Phi) is 5.87. The van der Waals surface area contributed by atoms with Crippen LogP contribution < -0.4 is 4.74 Å². The first-order chi connectivity index (χ1) is 14.1. The summed E-state index contributed by atoms with van der Waals surface area (Å²) in [5.41, 5.74) is 1.69. The summed E-state index contributed by atoms with van der Waals surface area (Å²) in [5, 5.41) is 15.0. The van der Waals surface area contributed by atoms with Crippen molar-refractivity contribution in [3.63, 3.8) is 0 Å². The van der Waals surface area contributed by atoms with Crippen LogP contribution in [0.5, 0.6) is 5.75 Å². The van der Waals surface area contributed by atoms with Gasteiger partial charge in [0.25, 0.3) is 0 Å². The summed E-state index contributed by atoms with van der Waals surface area (Å²) >= 11 is 0. The average molecular weight is 399 g/mol. The number of fused-ring (bicyclic) bond motifs is 1. The first-order valence-corrected chi connectivity index (χ1v) is 10.3. The van der Waals surface area contributed by atoms with E-state index < -0.39 is 12.1 Å². The summed E-state index contributed by atoms with van der Waals surface area (Å²) < 4.78 is 12.9. The lowest BCUT2D eigenvalue weighted by Crippen LogP contribution is -2.42. The first kappa shape index (κ1) is 19.9. The van der Waals surface area contributed by atoms with E-state index in [2.05, 4.69) is 23.0 Å². The smallest absolute Gasteiger partial charge is 0.337 e. The molecule has 4 atom stereocenters. The van der Waals surface area contributed by atoms with Crippen LogP contribution in [0.25, 0.3) is 0 Å². The number of carbonyl (C=O) groups excluding carboxylic acids is 1. The Morgan fingerprint density at radius 1 is 1.24 bits per heavy atom. The summed E-state index contributed by atoms with van der Waals surface area (Å²) in [5.74, 6) is 1.20. The van der Waals surface area contributed by atoms with Crippen LogP contribution in [0.3, 0.4) is 0 Å². The first-order valence-electron chi connectivity index (χ1n) is 10.3. The van der Waals surface area contributed by atoms with E-state index in [1.807, 2.05) is 16.9 Å². The maximum absolute atomic E-state index is 11.7. The lowest BCUT2D eigenvalue weighted by molar-refractivity contribution is -0.0231. The van der Waals surface area contributed by atoms with Gasteiger partial charge in [-0.1, -0.05) is 6.07 Å². The van der Waals surface area contributed by atoms with Gasteiger partial charge in [-0.15, -0.1) is 0 Å². The number of aromatic nitrogens is 2. The van der Waals surface area contributed by atoms with Crippen LogP contribution in [0.15, 0.2) is 36.5 Å². The fourth-order valence-electron chi connectivity index (χ4n) is 4.74. The number of hydrogen-bond acceptors (Lipinski definition) is 6. The van der Waals surface area contributed by atoms with Crippen molar-refractivity contribution in [3.8, 4) is 5.75 Å². The number of methoxy groups -OCH3 is 1. The largest absolute Gasteiger partial charge is 0.488 e. The zero-order chi connectivity index (χ0) is 20.4. The number of carbonyl (C=O) groups is 1. The number of aryl methyl sites for hydroxylation is 1. The van der Waals surface area contributed by atoms with Gasteiger partial charge in [0.2, 0.25) is 0 Å². The van der Waals surface area contributed by atoms with Gasteiger partial charge in [-0.3, -0.25) is 9.58 Å². The molecule has 2 aliphatic rings. The number of aliphatic hydroxyl groups excluding tert-OH is 1. The van der Waals surface area contributed by atoms with Crippen molar-refractivity contribution in [2.75, 3.05) is 20.2 Å². The van der Waals surface area contributed by atoms with Crippen molar-refractivity contribution in [2.45, 2.75) is 45.1 Å². The van der Waals surface area contributed by atoms with E-state index in [4.69, 9.17) is 9.47 Å². The van der Waals surface area contributed by atoms with Gasteiger partial charge in [0.1, 0.15) is 11.9 Å². The molecule has 0 spiro atoms. The molecule has 29 heavy (non-hydrogen) atoms. The van der Waals surface area contributed by atoms with Gasteiger partial charge in [-0.25, -0.2) is 4.79 Å². The van der Waals surface area contributed by atoms with Crippen LogP contribution >= 0.6 is 0 Å². The third kappa shape index (κ3) is 4.31. The second-order valence-electron chi connectivity index (χ2n) is 8.07. The molecule has 0 amide bonds. The van der Waals surface area contributed by atoms with E-state index >= 15 is 0 Å². The molecule has 156 valence electrons. The highest BCUT2D eigenvalue weighted by Crippen LogP contribution is 2.38. The van der Waals surface area contributed by atoms with Crippen molar-refractivity contribution in [3.05, 3.63) is 47.8 Å². The Balaban J connectivity index is 1.39. The minimum atomic E-state index is -0.501. The van der Waals surface area contributed by atoms with Crippen LogP contribution in [-0.2, 0) is 17.8 Å². The van der Waals surface area contributed by atoms with E-state index in [0.717, 1.165) is 39.0 Å². The fraction of sp³-hybridized carbons (Fsp3) is 0.545. The highest BCUT2D eigenvalue weighted by molar-refractivity contribution is 5.89. The summed E-state index contributed by atoms with van der Waals surface area (Å²) in [6.07, 6.45) is 2.66. The molecule has 7 nitrogen and oxygen atoms in total. The summed E-state index contributed by atoms with van der Waals surface area (Å²) in [7, 11) is 1.36. The number of aliphatic hydroxyl groups is 1. The predicted molar refractivity (Wildman–Crippen MR) is 108 cm³/mol. The number of nitrogens with zero attached hydrogens (tertiary/aromatic N) is 3. The zero-order valence-corrected chi connectivity index (χ0v) is 17.0. The third-order valence-electron chi connectivity index (χ3n) is 6.19. The monoisotopic (exact) mass is 399 g/mol. The lowest BCUT2D eigenvalue weighted by atomic mass is 9.78. The van der Waals surface area contributed by atoms with Gasteiger partial charge in [0.15, 0.2) is 0 Å². The average Bonchev–Trinajstić information content (AvgIpc) is 3.33.